The van der Waals surface area contributed by atoms with Gasteiger partial charge in [0.2, 0.25) is 0 Å². The second kappa shape index (κ2) is 38.8. The first kappa shape index (κ1) is 86.8. The molecule has 20 bridgehead atoms. The Morgan fingerprint density at radius 3 is 0.615 bits per heavy atom. The van der Waals surface area contributed by atoms with Gasteiger partial charge in [-0.2, -0.15) is 16.8 Å². The number of benzene rings is 2. The number of hydrogen-bond acceptors (Lipinski definition) is 39. The molecule has 35 unspecified atom stereocenters. The third-order valence-corrected chi connectivity index (χ3v) is 23.9. The normalized spacial score (nSPS) is 44.3. The molecule has 16 fully saturated rings. The van der Waals surface area contributed by atoms with Crippen molar-refractivity contribution in [1.29, 1.82) is 0 Å². The highest BCUT2D eigenvalue weighted by molar-refractivity contribution is 7.87. The molecular formula is C68H104O39S2. The molecule has 2 aromatic rings. The van der Waals surface area contributed by atoms with Crippen molar-refractivity contribution in [1.82, 2.24) is 0 Å². The summed E-state index contributed by atoms with van der Waals surface area (Å²) in [5.74, 6) is 0. The minimum atomic E-state index is -4.77. The fraction of sp³-hybridized carbons (Fsp3) is 0.824. The molecule has 2 aromatic carbocycles. The number of aliphatic hydroxyl groups is 5. The van der Waals surface area contributed by atoms with Gasteiger partial charge in [-0.1, -0.05) is 24.3 Å². The van der Waals surface area contributed by atoms with Crippen LogP contribution in [-0.2, 0) is 161 Å². The summed E-state index contributed by atoms with van der Waals surface area (Å²) in [4.78, 5) is -0.665. The van der Waals surface area contributed by atoms with Crippen LogP contribution in [0, 0.1) is 0 Å². The SMILES string of the molecule is COC1C2OC(CO)C(OC3OC(CO)C(OC4OC5COS(=O)(=O)c6ccc(cc6)-c6ccc(cc6)S(=O)(=O)OCC6OC(OC7C(CO)OC(OC8C(CO)OC(OC5C(OC)C4OC)C(OC)C8OC)C(OC)C7OC)C(OC)C(OC)C6OC4OC(CO)C(O2)C(OC)C4OC)C(OC)C3OC)C1OC. The van der Waals surface area contributed by atoms with Gasteiger partial charge in [0.1, 0.15) is 171 Å². The fourth-order valence-corrected chi connectivity index (χ4v) is 17.7. The molecule has 30 heterocycles. The Hall–Kier alpha value is -3.06. The minimum absolute atomic E-state index is 0.331. The summed E-state index contributed by atoms with van der Waals surface area (Å²) in [6, 6.07) is 11.0. The highest BCUT2D eigenvalue weighted by atomic mass is 32.2. The molecule has 0 aliphatic carbocycles. The number of hydrogen-bond donors (Lipinski definition) is 5. The Kier molecular flexibility index (Phi) is 30.9. The van der Waals surface area contributed by atoms with Crippen molar-refractivity contribution < 1.29 is 183 Å². The van der Waals surface area contributed by atoms with Crippen molar-refractivity contribution in [2.45, 2.75) is 225 Å². The van der Waals surface area contributed by atoms with Gasteiger partial charge >= 0.3 is 0 Å². The van der Waals surface area contributed by atoms with Crippen LogP contribution in [-0.4, -0.2) is 403 Å². The Bertz CT molecular complexity index is 3330. The molecule has 0 saturated carbocycles. The number of aliphatic hydroxyl groups excluding tert-OH is 5. The van der Waals surface area contributed by atoms with Crippen molar-refractivity contribution in [3.05, 3.63) is 48.5 Å². The van der Waals surface area contributed by atoms with Crippen LogP contribution in [0.5, 0.6) is 0 Å². The van der Waals surface area contributed by atoms with Crippen LogP contribution in [0.25, 0.3) is 11.1 Å². The van der Waals surface area contributed by atoms with E-state index in [4.69, 9.17) is 141 Å². The summed E-state index contributed by atoms with van der Waals surface area (Å²) in [6.45, 7) is -5.65. The van der Waals surface area contributed by atoms with Gasteiger partial charge in [-0.05, 0) is 35.4 Å². The highest BCUT2D eigenvalue weighted by Gasteiger charge is 2.62. The quantitative estimate of drug-likeness (QED) is 0.0862. The fourth-order valence-electron chi connectivity index (χ4n) is 15.8. The monoisotopic (exact) mass is 1610 g/mol. The zero-order valence-corrected chi connectivity index (χ0v) is 64.3. The van der Waals surface area contributed by atoms with Gasteiger partial charge in [0, 0.05) is 99.5 Å². The first-order valence-electron chi connectivity index (χ1n) is 35.3. The zero-order chi connectivity index (χ0) is 78.3. The van der Waals surface area contributed by atoms with Crippen LogP contribution in [0.2, 0.25) is 0 Å². The van der Waals surface area contributed by atoms with E-state index < -0.39 is 281 Å². The lowest BCUT2D eigenvalue weighted by molar-refractivity contribution is -0.402. The van der Waals surface area contributed by atoms with E-state index in [2.05, 4.69) is 0 Å². The average molecular weight is 1610 g/mol. The molecule has 30 aliphatic rings. The molecule has 0 aromatic heterocycles. The third kappa shape index (κ3) is 17.7. The maximum absolute atomic E-state index is 14.6. The molecule has 30 aliphatic heterocycles. The molecule has 0 radical (unpaired) electrons. The lowest BCUT2D eigenvalue weighted by Gasteiger charge is -2.52. The minimum Gasteiger partial charge on any atom is -0.394 e. The summed E-state index contributed by atoms with van der Waals surface area (Å²) < 4.78 is 251. The van der Waals surface area contributed by atoms with E-state index in [-0.39, 0.29) is 9.79 Å². The van der Waals surface area contributed by atoms with Gasteiger partial charge < -0.3 is 158 Å². The lowest BCUT2D eigenvalue weighted by Crippen LogP contribution is -2.69. The topological polar surface area (TPSA) is 446 Å². The summed E-state index contributed by atoms with van der Waals surface area (Å²) >= 11 is 0. The molecule has 622 valence electrons. The van der Waals surface area contributed by atoms with E-state index in [1.165, 1.54) is 148 Å². The molecule has 5 N–H and O–H groups in total. The van der Waals surface area contributed by atoms with Gasteiger partial charge in [-0.3, -0.25) is 8.37 Å². The maximum Gasteiger partial charge on any atom is 0.297 e. The third-order valence-electron chi connectivity index (χ3n) is 21.3. The van der Waals surface area contributed by atoms with Crippen LogP contribution < -0.4 is 0 Å². The predicted octanol–water partition coefficient (Wildman–Crippen LogP) is -3.27. The lowest BCUT2D eigenvalue weighted by atomic mass is 9.94. The van der Waals surface area contributed by atoms with Gasteiger partial charge in [-0.15, -0.1) is 0 Å². The smallest absolute Gasteiger partial charge is 0.297 e. The highest BCUT2D eigenvalue weighted by Crippen LogP contribution is 2.44. The van der Waals surface area contributed by atoms with Gasteiger partial charge in [-0.25, -0.2) is 0 Å². The summed E-state index contributed by atoms with van der Waals surface area (Å²) in [5.41, 5.74) is 0.875. The Balaban J connectivity index is 1.08. The van der Waals surface area contributed by atoms with Crippen LogP contribution in [0.3, 0.4) is 0 Å². The number of ether oxygens (including phenoxy) is 28. The molecule has 0 amide bonds. The van der Waals surface area contributed by atoms with Crippen LogP contribution in [0.15, 0.2) is 58.3 Å². The second-order valence-corrected chi connectivity index (χ2v) is 30.0. The molecular weight excluding hydrogens is 1500 g/mol. The summed E-state index contributed by atoms with van der Waals surface area (Å²) in [6.07, 6.45) is -49.3. The molecule has 16 saturated heterocycles. The maximum atomic E-state index is 14.6. The van der Waals surface area contributed by atoms with Gasteiger partial charge in [0.25, 0.3) is 20.2 Å². The van der Waals surface area contributed by atoms with Crippen molar-refractivity contribution in [2.24, 2.45) is 0 Å². The van der Waals surface area contributed by atoms with E-state index in [0.717, 1.165) is 0 Å². The standard InChI is InChI=1S/C68H104O39S2/c1-78-48-41-34(23-69)94-62(55(48)85-8)102-42-35(24-70)97-65(58(88-11)49(42)79-2)106-46-39-28-92-108(74,75)32-19-15-30(16-20-32)31-17-21-33(22-18-31)109(76,77)93-29-40-47(54(84-7)60(90-13)67(99-40)104-44-37(26-72)95-63(101-41)56(86-9)51(44)81-4)107-66-59(89-12)50(80-3)43(36(25-71)98-66)103-64-57(87-10)52(82-5)45(38(27-73)96-64)105-68(100-39)61(91-14)53(46)83-6/h15-22,34-73H,23-29H2,1-14H3. The number of rotatable bonds is 19. The molecule has 35 atom stereocenters. The van der Waals surface area contributed by atoms with Crippen LogP contribution in [0.1, 0.15) is 0 Å². The first-order valence-corrected chi connectivity index (χ1v) is 38.1. The molecule has 0 spiro atoms. The van der Waals surface area contributed by atoms with E-state index in [1.54, 1.807) is 0 Å². The molecule has 32 rings (SSSR count). The van der Waals surface area contributed by atoms with E-state index in [1.807, 2.05) is 0 Å². The predicted molar refractivity (Wildman–Crippen MR) is 359 cm³/mol. The molecule has 109 heavy (non-hydrogen) atoms. The van der Waals surface area contributed by atoms with Crippen molar-refractivity contribution in [3.63, 3.8) is 0 Å². The van der Waals surface area contributed by atoms with Gasteiger partial charge in [0.05, 0.1) is 56.0 Å². The average Bonchev–Trinajstić information content (AvgIpc) is 0.780. The first-order chi connectivity index (χ1) is 52.7. The van der Waals surface area contributed by atoms with Crippen LogP contribution in [0.4, 0.5) is 0 Å². The van der Waals surface area contributed by atoms with Crippen molar-refractivity contribution in [3.8, 4) is 11.1 Å². The summed E-state index contributed by atoms with van der Waals surface area (Å²) in [5, 5.41) is 56.8. The molecule has 41 heteroatoms. The second-order valence-electron chi connectivity index (χ2n) is 26.7. The number of methoxy groups -OCH3 is 14. The van der Waals surface area contributed by atoms with Crippen molar-refractivity contribution >= 4 is 20.2 Å². The van der Waals surface area contributed by atoms with E-state index >= 15 is 0 Å². The molecule has 39 nitrogen and oxygen atoms in total. The zero-order valence-electron chi connectivity index (χ0n) is 62.7. The van der Waals surface area contributed by atoms with E-state index in [9.17, 15) is 42.4 Å². The summed E-state index contributed by atoms with van der Waals surface area (Å²) in [7, 11) is 8.99. The van der Waals surface area contributed by atoms with Crippen LogP contribution >= 0.6 is 0 Å². The Morgan fingerprint density at radius 2 is 0.431 bits per heavy atom. The van der Waals surface area contributed by atoms with Crippen molar-refractivity contribution in [2.75, 3.05) is 146 Å². The largest absolute Gasteiger partial charge is 0.394 e. The van der Waals surface area contributed by atoms with E-state index in [0.29, 0.717) is 11.1 Å². The Morgan fingerprint density at radius 1 is 0.257 bits per heavy atom. The van der Waals surface area contributed by atoms with Gasteiger partial charge in [0.15, 0.2) is 44.0 Å². The Labute approximate surface area is 631 Å².